The largest absolute Gasteiger partial charge is 0.493 e. The van der Waals surface area contributed by atoms with E-state index in [1.807, 2.05) is 0 Å². The average Bonchev–Trinajstić information content (AvgIpc) is 2.84. The zero-order valence-electron chi connectivity index (χ0n) is 18.0. The quantitative estimate of drug-likeness (QED) is 0.294. The number of hydrogen-bond donors (Lipinski definition) is 1. The fraction of sp³-hybridized carbons (Fsp3) is 0.0833. The molecule has 34 heavy (non-hydrogen) atoms. The topological polar surface area (TPSA) is 121 Å². The maximum atomic E-state index is 13.5. The van der Waals surface area contributed by atoms with Crippen LogP contribution in [-0.2, 0) is 0 Å². The van der Waals surface area contributed by atoms with E-state index in [1.54, 1.807) is 24.3 Å². The summed E-state index contributed by atoms with van der Waals surface area (Å²) in [6.45, 7) is 0. The molecule has 172 valence electrons. The van der Waals surface area contributed by atoms with Crippen molar-refractivity contribution in [1.82, 2.24) is 0 Å². The number of carbonyl (C=O) groups is 1. The summed E-state index contributed by atoms with van der Waals surface area (Å²) in [5.74, 6) is 0.109. The zero-order valence-corrected chi connectivity index (χ0v) is 18.7. The number of methoxy groups -OCH3 is 2. The van der Waals surface area contributed by atoms with Gasteiger partial charge in [0.15, 0.2) is 11.5 Å². The molecule has 0 atom stereocenters. The minimum Gasteiger partial charge on any atom is -0.493 e. The third-order valence-corrected chi connectivity index (χ3v) is 5.33. The fourth-order valence-corrected chi connectivity index (χ4v) is 3.59. The Morgan fingerprint density at radius 2 is 1.71 bits per heavy atom. The van der Waals surface area contributed by atoms with E-state index in [2.05, 4.69) is 5.32 Å². The standard InChI is InChI=1S/C24H17ClN2O7/c1-32-19-9-5-14(11-20(19)33-2)21-22(28)17-12-15(25)6-10-18(17)34-24(21)26-23(29)13-3-7-16(8-4-13)27(30)31/h3-12H,1-2H3,(H,26,29). The van der Waals surface area contributed by atoms with Crippen LogP contribution >= 0.6 is 11.6 Å². The molecule has 10 heteroatoms. The predicted molar refractivity (Wildman–Crippen MR) is 127 cm³/mol. The van der Waals surface area contributed by atoms with Crippen molar-refractivity contribution in [1.29, 1.82) is 0 Å². The summed E-state index contributed by atoms with van der Waals surface area (Å²) in [4.78, 5) is 36.7. The molecule has 0 aliphatic heterocycles. The summed E-state index contributed by atoms with van der Waals surface area (Å²) in [5.41, 5.74) is 0.269. The van der Waals surface area contributed by atoms with Gasteiger partial charge in [-0.05, 0) is 48.0 Å². The van der Waals surface area contributed by atoms with E-state index < -0.39 is 16.3 Å². The van der Waals surface area contributed by atoms with Gasteiger partial charge in [0.2, 0.25) is 11.3 Å². The van der Waals surface area contributed by atoms with Gasteiger partial charge in [-0.1, -0.05) is 17.7 Å². The van der Waals surface area contributed by atoms with Crippen LogP contribution in [0.2, 0.25) is 5.02 Å². The number of fused-ring (bicyclic) bond motifs is 1. The number of anilines is 1. The highest BCUT2D eigenvalue weighted by atomic mass is 35.5. The number of nitro groups is 1. The van der Waals surface area contributed by atoms with Crippen molar-refractivity contribution in [2.75, 3.05) is 19.5 Å². The van der Waals surface area contributed by atoms with E-state index >= 15 is 0 Å². The minimum absolute atomic E-state index is 0.0750. The molecular weight excluding hydrogens is 464 g/mol. The second-order valence-electron chi connectivity index (χ2n) is 7.10. The zero-order chi connectivity index (χ0) is 24.4. The molecular formula is C24H17ClN2O7. The predicted octanol–water partition coefficient (Wildman–Crippen LogP) is 5.29. The molecule has 0 saturated carbocycles. The van der Waals surface area contributed by atoms with Gasteiger partial charge in [0, 0.05) is 22.7 Å². The number of nitro benzene ring substituents is 1. The van der Waals surface area contributed by atoms with Crippen molar-refractivity contribution in [2.24, 2.45) is 0 Å². The highest BCUT2D eigenvalue weighted by molar-refractivity contribution is 6.31. The summed E-state index contributed by atoms with van der Waals surface area (Å²) in [7, 11) is 2.95. The molecule has 1 amide bonds. The van der Waals surface area contributed by atoms with Crippen molar-refractivity contribution in [3.05, 3.63) is 91.6 Å². The lowest BCUT2D eigenvalue weighted by molar-refractivity contribution is -0.384. The highest BCUT2D eigenvalue weighted by Gasteiger charge is 2.21. The maximum Gasteiger partial charge on any atom is 0.269 e. The summed E-state index contributed by atoms with van der Waals surface area (Å²) < 4.78 is 16.5. The fourth-order valence-electron chi connectivity index (χ4n) is 3.42. The molecule has 0 spiro atoms. The molecule has 1 aromatic heterocycles. The number of hydrogen-bond acceptors (Lipinski definition) is 7. The molecule has 3 aromatic carbocycles. The van der Waals surface area contributed by atoms with Gasteiger partial charge >= 0.3 is 0 Å². The van der Waals surface area contributed by atoms with E-state index in [1.165, 1.54) is 50.6 Å². The third kappa shape index (κ3) is 4.28. The van der Waals surface area contributed by atoms with Crippen molar-refractivity contribution in [2.45, 2.75) is 0 Å². The number of carbonyl (C=O) groups excluding carboxylic acids is 1. The van der Waals surface area contributed by atoms with Crippen molar-refractivity contribution in [3.8, 4) is 22.6 Å². The normalized spacial score (nSPS) is 10.7. The van der Waals surface area contributed by atoms with Crippen LogP contribution in [0.4, 0.5) is 11.6 Å². The Morgan fingerprint density at radius 3 is 2.35 bits per heavy atom. The molecule has 0 radical (unpaired) electrons. The summed E-state index contributed by atoms with van der Waals surface area (Å²) in [6.07, 6.45) is 0. The molecule has 0 aliphatic rings. The first kappa shape index (κ1) is 22.8. The van der Waals surface area contributed by atoms with Gasteiger partial charge in [-0.15, -0.1) is 0 Å². The Balaban J connectivity index is 1.87. The Morgan fingerprint density at radius 1 is 1.00 bits per heavy atom. The molecule has 9 nitrogen and oxygen atoms in total. The second kappa shape index (κ2) is 9.24. The smallest absolute Gasteiger partial charge is 0.269 e. The first-order chi connectivity index (χ1) is 16.3. The second-order valence-corrected chi connectivity index (χ2v) is 7.54. The SMILES string of the molecule is COc1ccc(-c2c(NC(=O)c3ccc([N+](=O)[O-])cc3)oc3ccc(Cl)cc3c2=O)cc1OC. The molecule has 0 bridgehead atoms. The van der Waals surface area contributed by atoms with Gasteiger partial charge in [-0.25, -0.2) is 0 Å². The Kier molecular flexibility index (Phi) is 6.20. The number of non-ortho nitro benzene ring substituents is 1. The van der Waals surface area contributed by atoms with Gasteiger partial charge in [0.25, 0.3) is 11.6 Å². The minimum atomic E-state index is -0.618. The van der Waals surface area contributed by atoms with E-state index in [-0.39, 0.29) is 33.7 Å². The highest BCUT2D eigenvalue weighted by Crippen LogP contribution is 2.35. The molecule has 4 rings (SSSR count). The van der Waals surface area contributed by atoms with Gasteiger partial charge in [0.05, 0.1) is 30.1 Å². The third-order valence-electron chi connectivity index (χ3n) is 5.09. The van der Waals surface area contributed by atoms with Gasteiger partial charge in [0.1, 0.15) is 5.58 Å². The van der Waals surface area contributed by atoms with Gasteiger partial charge < -0.3 is 13.9 Å². The number of halogens is 1. The van der Waals surface area contributed by atoms with Crippen LogP contribution in [0.15, 0.2) is 69.9 Å². The first-order valence-corrected chi connectivity index (χ1v) is 10.2. The molecule has 0 aliphatic carbocycles. The molecule has 0 saturated heterocycles. The molecule has 0 fully saturated rings. The molecule has 1 heterocycles. The van der Waals surface area contributed by atoms with Crippen LogP contribution in [0, 0.1) is 10.1 Å². The lowest BCUT2D eigenvalue weighted by Crippen LogP contribution is -2.16. The van der Waals surface area contributed by atoms with Crippen LogP contribution in [0.1, 0.15) is 10.4 Å². The summed E-state index contributed by atoms with van der Waals surface area (Å²) in [6, 6.07) is 14.4. The number of nitrogens with zero attached hydrogens (tertiary/aromatic N) is 1. The van der Waals surface area contributed by atoms with E-state index in [9.17, 15) is 19.7 Å². The molecule has 4 aromatic rings. The number of ether oxygens (including phenoxy) is 2. The van der Waals surface area contributed by atoms with Crippen LogP contribution in [0.25, 0.3) is 22.1 Å². The Hall–Kier alpha value is -4.37. The Labute approximate surface area is 197 Å². The molecule has 1 N–H and O–H groups in total. The van der Waals surface area contributed by atoms with Gasteiger partial charge in [-0.3, -0.25) is 25.0 Å². The van der Waals surface area contributed by atoms with E-state index in [0.717, 1.165) is 0 Å². The van der Waals surface area contributed by atoms with E-state index in [4.69, 9.17) is 25.5 Å². The average molecular weight is 481 g/mol. The first-order valence-electron chi connectivity index (χ1n) is 9.87. The van der Waals surface area contributed by atoms with Crippen LogP contribution in [0.5, 0.6) is 11.5 Å². The lowest BCUT2D eigenvalue weighted by atomic mass is 10.0. The number of benzene rings is 3. The van der Waals surface area contributed by atoms with Crippen molar-refractivity contribution < 1.29 is 23.6 Å². The van der Waals surface area contributed by atoms with E-state index in [0.29, 0.717) is 22.1 Å². The molecule has 0 unspecified atom stereocenters. The van der Waals surface area contributed by atoms with Crippen molar-refractivity contribution in [3.63, 3.8) is 0 Å². The monoisotopic (exact) mass is 480 g/mol. The van der Waals surface area contributed by atoms with Crippen molar-refractivity contribution >= 4 is 40.0 Å². The number of rotatable bonds is 6. The summed E-state index contributed by atoms with van der Waals surface area (Å²) in [5, 5.41) is 14.1. The Bertz CT molecular complexity index is 1480. The van der Waals surface area contributed by atoms with Crippen LogP contribution in [-0.4, -0.2) is 25.1 Å². The number of amides is 1. The van der Waals surface area contributed by atoms with Gasteiger partial charge in [-0.2, -0.15) is 0 Å². The van der Waals surface area contributed by atoms with Crippen LogP contribution in [0.3, 0.4) is 0 Å². The van der Waals surface area contributed by atoms with Crippen LogP contribution < -0.4 is 20.2 Å². The number of nitrogens with one attached hydrogen (secondary N) is 1. The maximum absolute atomic E-state index is 13.5. The lowest BCUT2D eigenvalue weighted by Gasteiger charge is -2.13. The summed E-state index contributed by atoms with van der Waals surface area (Å²) >= 11 is 6.08.